The molecule has 1 fully saturated rings. The Morgan fingerprint density at radius 3 is 2.50 bits per heavy atom. The second-order valence-electron chi connectivity index (χ2n) is 5.48. The summed E-state index contributed by atoms with van der Waals surface area (Å²) in [5.41, 5.74) is 0. The molecule has 1 rings (SSSR count). The summed E-state index contributed by atoms with van der Waals surface area (Å²) in [5.74, 6) is 0.199. The molecule has 0 aromatic heterocycles. The van der Waals surface area contributed by atoms with Gasteiger partial charge in [-0.3, -0.25) is 4.90 Å². The second kappa shape index (κ2) is 9.68. The van der Waals surface area contributed by atoms with Gasteiger partial charge in [-0.15, -0.1) is 0 Å². The summed E-state index contributed by atoms with van der Waals surface area (Å²) in [6.45, 7) is 9.78. The molecule has 0 aliphatic carbocycles. The number of hydrogen-bond donors (Lipinski definition) is 2. The van der Waals surface area contributed by atoms with E-state index in [9.17, 15) is 8.42 Å². The minimum atomic E-state index is -3.12. The Labute approximate surface area is 123 Å². The third-order valence-corrected chi connectivity index (χ3v) is 4.69. The van der Waals surface area contributed by atoms with E-state index < -0.39 is 10.0 Å². The van der Waals surface area contributed by atoms with Crippen LogP contribution >= 0.6 is 0 Å². The monoisotopic (exact) mass is 307 g/mol. The Morgan fingerprint density at radius 1 is 1.15 bits per heavy atom. The molecule has 0 saturated carbocycles. The van der Waals surface area contributed by atoms with Crippen LogP contribution in [0, 0.1) is 0 Å². The highest BCUT2D eigenvalue weighted by Gasteiger charge is 2.11. The van der Waals surface area contributed by atoms with Crippen LogP contribution in [0.2, 0.25) is 0 Å². The molecule has 7 heteroatoms. The Balaban J connectivity index is 2.03. The van der Waals surface area contributed by atoms with Gasteiger partial charge in [0.15, 0.2) is 0 Å². The summed E-state index contributed by atoms with van der Waals surface area (Å²) in [7, 11) is -3.12. The molecule has 1 saturated heterocycles. The van der Waals surface area contributed by atoms with Crippen LogP contribution in [0.4, 0.5) is 0 Å². The maximum absolute atomic E-state index is 11.8. The SMILES string of the molecule is CC(C)NCCCS(=O)(=O)NCCCN1CCOCC1. The summed E-state index contributed by atoms with van der Waals surface area (Å²) < 4.78 is 31.5. The normalized spacial score (nSPS) is 17.8. The topological polar surface area (TPSA) is 70.7 Å². The molecular weight excluding hydrogens is 278 g/mol. The molecule has 0 aromatic carbocycles. The molecule has 1 aliphatic rings. The number of nitrogens with zero attached hydrogens (tertiary/aromatic N) is 1. The molecule has 0 amide bonds. The molecule has 20 heavy (non-hydrogen) atoms. The fraction of sp³-hybridized carbons (Fsp3) is 1.00. The van der Waals surface area contributed by atoms with E-state index in [-0.39, 0.29) is 5.75 Å². The quantitative estimate of drug-likeness (QED) is 0.557. The van der Waals surface area contributed by atoms with Crippen LogP contribution in [0.15, 0.2) is 0 Å². The molecule has 0 atom stereocenters. The summed E-state index contributed by atoms with van der Waals surface area (Å²) in [6, 6.07) is 0.402. The van der Waals surface area contributed by atoms with Gasteiger partial charge >= 0.3 is 0 Å². The third kappa shape index (κ3) is 8.86. The fourth-order valence-electron chi connectivity index (χ4n) is 2.08. The van der Waals surface area contributed by atoms with Gasteiger partial charge in [0, 0.05) is 25.7 Å². The third-order valence-electron chi connectivity index (χ3n) is 3.22. The largest absolute Gasteiger partial charge is 0.379 e. The molecule has 6 nitrogen and oxygen atoms in total. The maximum Gasteiger partial charge on any atom is 0.211 e. The van der Waals surface area contributed by atoms with E-state index in [4.69, 9.17) is 4.74 Å². The Bertz CT molecular complexity index is 341. The number of rotatable bonds is 10. The van der Waals surface area contributed by atoms with Gasteiger partial charge in [0.2, 0.25) is 10.0 Å². The summed E-state index contributed by atoms with van der Waals surface area (Å²) in [4.78, 5) is 2.31. The molecule has 1 heterocycles. The minimum absolute atomic E-state index is 0.199. The van der Waals surface area contributed by atoms with Gasteiger partial charge < -0.3 is 10.1 Å². The standard InChI is InChI=1S/C13H29N3O3S/c1-13(2)14-5-4-12-20(17,18)15-6-3-7-16-8-10-19-11-9-16/h13-15H,3-12H2,1-2H3. The molecule has 0 bridgehead atoms. The van der Waals surface area contributed by atoms with E-state index in [1.54, 1.807) is 0 Å². The first-order chi connectivity index (χ1) is 9.49. The van der Waals surface area contributed by atoms with E-state index in [1.807, 2.05) is 0 Å². The summed E-state index contributed by atoms with van der Waals surface area (Å²) in [5, 5.41) is 3.22. The number of sulfonamides is 1. The van der Waals surface area contributed by atoms with Crippen molar-refractivity contribution in [2.75, 3.05) is 51.7 Å². The van der Waals surface area contributed by atoms with E-state index >= 15 is 0 Å². The van der Waals surface area contributed by atoms with Crippen molar-refractivity contribution in [1.82, 2.24) is 14.9 Å². The molecule has 0 aromatic rings. The molecule has 1 aliphatic heterocycles. The van der Waals surface area contributed by atoms with Crippen molar-refractivity contribution in [3.8, 4) is 0 Å². The second-order valence-corrected chi connectivity index (χ2v) is 7.41. The van der Waals surface area contributed by atoms with Gasteiger partial charge in [-0.2, -0.15) is 0 Å². The van der Waals surface area contributed by atoms with Gasteiger partial charge in [0.25, 0.3) is 0 Å². The van der Waals surface area contributed by atoms with Gasteiger partial charge in [-0.1, -0.05) is 13.8 Å². The predicted octanol–water partition coefficient (Wildman–Crippen LogP) is 0.0162. The van der Waals surface area contributed by atoms with Crippen LogP contribution in [-0.2, 0) is 14.8 Å². The fourth-order valence-corrected chi connectivity index (χ4v) is 3.20. The zero-order chi connectivity index (χ0) is 14.8. The Morgan fingerprint density at radius 2 is 1.85 bits per heavy atom. The predicted molar refractivity (Wildman–Crippen MR) is 81.4 cm³/mol. The first-order valence-electron chi connectivity index (χ1n) is 7.50. The smallest absolute Gasteiger partial charge is 0.211 e. The summed E-state index contributed by atoms with van der Waals surface area (Å²) in [6.07, 6.45) is 1.50. The van der Waals surface area contributed by atoms with E-state index in [0.29, 0.717) is 19.0 Å². The van der Waals surface area contributed by atoms with Crippen molar-refractivity contribution in [1.29, 1.82) is 0 Å². The van der Waals surface area contributed by atoms with Gasteiger partial charge in [0.1, 0.15) is 0 Å². The Kier molecular flexibility index (Phi) is 8.63. The summed E-state index contributed by atoms with van der Waals surface area (Å²) >= 11 is 0. The Hall–Kier alpha value is -0.210. The van der Waals surface area contributed by atoms with Crippen molar-refractivity contribution in [3.05, 3.63) is 0 Å². The molecule has 120 valence electrons. The number of hydrogen-bond acceptors (Lipinski definition) is 5. The zero-order valence-corrected chi connectivity index (χ0v) is 13.5. The molecule has 0 unspecified atom stereocenters. The first kappa shape index (κ1) is 17.8. The van der Waals surface area contributed by atoms with Gasteiger partial charge in [0.05, 0.1) is 19.0 Å². The van der Waals surface area contributed by atoms with Gasteiger partial charge in [-0.05, 0) is 25.9 Å². The van der Waals surface area contributed by atoms with Crippen molar-refractivity contribution in [2.45, 2.75) is 32.7 Å². The van der Waals surface area contributed by atoms with E-state index in [2.05, 4.69) is 28.8 Å². The minimum Gasteiger partial charge on any atom is -0.379 e. The van der Waals surface area contributed by atoms with Gasteiger partial charge in [-0.25, -0.2) is 13.1 Å². The molecular formula is C13H29N3O3S. The van der Waals surface area contributed by atoms with Crippen LogP contribution in [0.1, 0.15) is 26.7 Å². The lowest BCUT2D eigenvalue weighted by Crippen LogP contribution is -2.38. The van der Waals surface area contributed by atoms with Crippen LogP contribution in [0.3, 0.4) is 0 Å². The number of morpholine rings is 1. The van der Waals surface area contributed by atoms with E-state index in [0.717, 1.165) is 45.8 Å². The highest BCUT2D eigenvalue weighted by molar-refractivity contribution is 7.89. The van der Waals surface area contributed by atoms with Crippen LogP contribution < -0.4 is 10.0 Å². The van der Waals surface area contributed by atoms with Crippen LogP contribution in [-0.4, -0.2) is 71.0 Å². The van der Waals surface area contributed by atoms with E-state index in [1.165, 1.54) is 0 Å². The van der Waals surface area contributed by atoms with Crippen molar-refractivity contribution in [3.63, 3.8) is 0 Å². The number of ether oxygens (including phenoxy) is 1. The first-order valence-corrected chi connectivity index (χ1v) is 9.15. The molecule has 0 radical (unpaired) electrons. The zero-order valence-electron chi connectivity index (χ0n) is 12.7. The number of nitrogens with one attached hydrogen (secondary N) is 2. The lowest BCUT2D eigenvalue weighted by atomic mass is 10.3. The lowest BCUT2D eigenvalue weighted by molar-refractivity contribution is 0.0376. The maximum atomic E-state index is 11.8. The highest BCUT2D eigenvalue weighted by Crippen LogP contribution is 1.98. The van der Waals surface area contributed by atoms with Crippen LogP contribution in [0.25, 0.3) is 0 Å². The van der Waals surface area contributed by atoms with Crippen molar-refractivity contribution < 1.29 is 13.2 Å². The average molecular weight is 307 g/mol. The highest BCUT2D eigenvalue weighted by atomic mass is 32.2. The van der Waals surface area contributed by atoms with Crippen LogP contribution in [0.5, 0.6) is 0 Å². The average Bonchev–Trinajstić information content (AvgIpc) is 2.41. The van der Waals surface area contributed by atoms with Crippen molar-refractivity contribution in [2.24, 2.45) is 0 Å². The molecule has 2 N–H and O–H groups in total. The molecule has 0 spiro atoms. The lowest BCUT2D eigenvalue weighted by Gasteiger charge is -2.26. The van der Waals surface area contributed by atoms with Crippen molar-refractivity contribution >= 4 is 10.0 Å².